The van der Waals surface area contributed by atoms with Crippen LogP contribution >= 0.6 is 21.5 Å². The van der Waals surface area contributed by atoms with Crippen molar-refractivity contribution in [1.29, 1.82) is 0 Å². The fourth-order valence-electron chi connectivity index (χ4n) is 1.72. The molecule has 0 radical (unpaired) electrons. The van der Waals surface area contributed by atoms with Crippen LogP contribution in [0.15, 0.2) is 42.0 Å². The Labute approximate surface area is 105 Å². The predicted octanol–water partition coefficient (Wildman–Crippen LogP) is 0.603. The molecule has 0 spiro atoms. The normalized spacial score (nSPS) is 25.4. The lowest BCUT2D eigenvalue weighted by Crippen LogP contribution is -3.00. The van der Waals surface area contributed by atoms with Crippen LogP contribution < -0.4 is 22.3 Å². The fraction of sp³-hybridized carbons (Fsp3) is 0.273. The molecule has 76 valence electrons. The van der Waals surface area contributed by atoms with Gasteiger partial charge in [0.15, 0.2) is 0 Å². The molecule has 1 unspecified atom stereocenters. The highest BCUT2D eigenvalue weighted by Crippen LogP contribution is 2.68. The van der Waals surface area contributed by atoms with Gasteiger partial charge in [-0.2, -0.15) is 0 Å². The van der Waals surface area contributed by atoms with Crippen LogP contribution in [0.2, 0.25) is 0 Å². The van der Waals surface area contributed by atoms with Crippen molar-refractivity contribution in [1.82, 2.24) is 0 Å². The molecule has 0 fully saturated rings. The van der Waals surface area contributed by atoms with E-state index in [2.05, 4.69) is 58.8 Å². The molecule has 3 heteroatoms. The molecular weight excluding hydrogens is 323 g/mol. The standard InChI is InChI=1S/C11H13BrP.BrH/c1-10-7-8-13(12,9-10)11-5-3-2-4-6-11;/h2-7H,8-9H2,1H3;1H/q+1;/p-1. The second-order valence-corrected chi connectivity index (χ2v) is 10.6. The van der Waals surface area contributed by atoms with Crippen molar-refractivity contribution in [3.63, 3.8) is 0 Å². The molecule has 0 saturated heterocycles. The molecule has 0 amide bonds. The topological polar surface area (TPSA) is 0 Å². The molecule has 1 aromatic rings. The zero-order chi connectivity index (χ0) is 9.31. The minimum atomic E-state index is -1.01. The van der Waals surface area contributed by atoms with Crippen LogP contribution in [0.25, 0.3) is 0 Å². The Hall–Kier alpha value is 0.350. The first-order chi connectivity index (χ1) is 6.21. The summed E-state index contributed by atoms with van der Waals surface area (Å²) in [7, 11) is 0. The van der Waals surface area contributed by atoms with Crippen molar-refractivity contribution >= 4 is 26.8 Å². The van der Waals surface area contributed by atoms with Gasteiger partial charge in [0.2, 0.25) is 0 Å². The Bertz CT molecular complexity index is 334. The molecular formula is C11H13Br2P. The minimum absolute atomic E-state index is 0. The SMILES string of the molecule is CC1=CC[P+](Br)(c2ccccc2)C1.[Br-]. The van der Waals surface area contributed by atoms with Crippen molar-refractivity contribution in [2.24, 2.45) is 0 Å². The van der Waals surface area contributed by atoms with Gasteiger partial charge in [-0.3, -0.25) is 0 Å². The van der Waals surface area contributed by atoms with E-state index in [0.29, 0.717) is 0 Å². The van der Waals surface area contributed by atoms with Crippen LogP contribution in [0.1, 0.15) is 6.92 Å². The first-order valence-corrected chi connectivity index (χ1v) is 8.66. The summed E-state index contributed by atoms with van der Waals surface area (Å²) in [5.41, 5.74) is 1.54. The number of hydrogen-bond donors (Lipinski definition) is 0. The van der Waals surface area contributed by atoms with Gasteiger partial charge in [0, 0.05) is 0 Å². The summed E-state index contributed by atoms with van der Waals surface area (Å²) in [4.78, 5) is 0. The monoisotopic (exact) mass is 334 g/mol. The molecule has 0 saturated carbocycles. The molecule has 1 aromatic carbocycles. The zero-order valence-electron chi connectivity index (χ0n) is 8.08. The quantitative estimate of drug-likeness (QED) is 0.521. The van der Waals surface area contributed by atoms with Crippen molar-refractivity contribution < 1.29 is 17.0 Å². The van der Waals surface area contributed by atoms with E-state index >= 15 is 0 Å². The molecule has 1 heterocycles. The van der Waals surface area contributed by atoms with E-state index in [1.165, 1.54) is 23.2 Å². The second-order valence-electron chi connectivity index (χ2n) is 3.59. The molecule has 0 aliphatic carbocycles. The van der Waals surface area contributed by atoms with Gasteiger partial charge in [-0.1, -0.05) is 18.2 Å². The molecule has 0 N–H and O–H groups in total. The summed E-state index contributed by atoms with van der Waals surface area (Å²) in [6.45, 7) is 2.23. The highest BCUT2D eigenvalue weighted by Gasteiger charge is 2.40. The average molecular weight is 336 g/mol. The number of hydrogen-bond acceptors (Lipinski definition) is 0. The van der Waals surface area contributed by atoms with E-state index in [1.54, 1.807) is 0 Å². The Kier molecular flexibility index (Phi) is 4.36. The summed E-state index contributed by atoms with van der Waals surface area (Å²) in [5, 5.41) is 1.50. The van der Waals surface area contributed by atoms with Gasteiger partial charge in [-0.05, 0) is 30.7 Å². The Morgan fingerprint density at radius 3 is 2.36 bits per heavy atom. The first kappa shape index (κ1) is 12.4. The molecule has 0 aromatic heterocycles. The van der Waals surface area contributed by atoms with Gasteiger partial charge in [-0.25, -0.2) is 0 Å². The summed E-state index contributed by atoms with van der Waals surface area (Å²) in [6, 6.07) is 10.8. The lowest BCUT2D eigenvalue weighted by Gasteiger charge is -2.12. The van der Waals surface area contributed by atoms with E-state index in [9.17, 15) is 0 Å². The van der Waals surface area contributed by atoms with E-state index in [0.717, 1.165) is 0 Å². The molecule has 0 bridgehead atoms. The molecule has 14 heavy (non-hydrogen) atoms. The van der Waals surface area contributed by atoms with Gasteiger partial charge in [0.1, 0.15) is 26.8 Å². The largest absolute Gasteiger partial charge is 1.00 e. The summed E-state index contributed by atoms with van der Waals surface area (Å²) >= 11 is 3.95. The highest BCUT2D eigenvalue weighted by molar-refractivity contribution is 9.43. The summed E-state index contributed by atoms with van der Waals surface area (Å²) in [5.74, 6) is -1.01. The van der Waals surface area contributed by atoms with Crippen molar-refractivity contribution in [2.75, 3.05) is 12.3 Å². The van der Waals surface area contributed by atoms with Gasteiger partial charge in [0.05, 0.1) is 12.3 Å². The predicted molar refractivity (Wildman–Crippen MR) is 65.4 cm³/mol. The van der Waals surface area contributed by atoms with E-state index in [-0.39, 0.29) is 17.0 Å². The van der Waals surface area contributed by atoms with Gasteiger partial charge < -0.3 is 17.0 Å². The third-order valence-electron chi connectivity index (χ3n) is 2.45. The number of allylic oxidation sites excluding steroid dienone is 2. The summed E-state index contributed by atoms with van der Waals surface area (Å²) < 4.78 is 0. The van der Waals surface area contributed by atoms with E-state index in [1.807, 2.05) is 0 Å². The van der Waals surface area contributed by atoms with Crippen LogP contribution in [-0.2, 0) is 0 Å². The maximum absolute atomic E-state index is 3.95. The average Bonchev–Trinajstić information content (AvgIpc) is 2.49. The van der Waals surface area contributed by atoms with Crippen molar-refractivity contribution in [2.45, 2.75) is 6.92 Å². The Morgan fingerprint density at radius 1 is 1.21 bits per heavy atom. The van der Waals surface area contributed by atoms with E-state index in [4.69, 9.17) is 0 Å². The lowest BCUT2D eigenvalue weighted by atomic mass is 10.3. The lowest BCUT2D eigenvalue weighted by molar-refractivity contribution is -0.00000255. The number of benzene rings is 1. The van der Waals surface area contributed by atoms with Gasteiger partial charge >= 0.3 is 0 Å². The van der Waals surface area contributed by atoms with Crippen LogP contribution in [0.3, 0.4) is 0 Å². The molecule has 1 aliphatic heterocycles. The van der Waals surface area contributed by atoms with Crippen LogP contribution in [0.5, 0.6) is 0 Å². The maximum atomic E-state index is 3.95. The first-order valence-electron chi connectivity index (χ1n) is 4.49. The van der Waals surface area contributed by atoms with Crippen molar-refractivity contribution in [3.8, 4) is 0 Å². The Balaban J connectivity index is 0.000000980. The molecule has 1 aliphatic rings. The maximum Gasteiger partial charge on any atom is 0.145 e. The highest BCUT2D eigenvalue weighted by atomic mass is 79.9. The number of rotatable bonds is 1. The summed E-state index contributed by atoms with van der Waals surface area (Å²) in [6.07, 6.45) is 4.84. The number of halogens is 2. The van der Waals surface area contributed by atoms with E-state index < -0.39 is 5.96 Å². The third kappa shape index (κ3) is 2.48. The van der Waals surface area contributed by atoms with Crippen LogP contribution in [-0.4, -0.2) is 12.3 Å². The molecule has 2 rings (SSSR count). The molecule has 0 nitrogen and oxygen atoms in total. The van der Waals surface area contributed by atoms with Gasteiger partial charge in [-0.15, -0.1) is 0 Å². The van der Waals surface area contributed by atoms with Crippen molar-refractivity contribution in [3.05, 3.63) is 42.0 Å². The zero-order valence-corrected chi connectivity index (χ0v) is 12.1. The molecule has 1 atom stereocenters. The smallest absolute Gasteiger partial charge is 0.145 e. The Morgan fingerprint density at radius 2 is 1.86 bits per heavy atom. The fourth-order valence-corrected chi connectivity index (χ4v) is 6.80. The van der Waals surface area contributed by atoms with Crippen LogP contribution in [0.4, 0.5) is 0 Å². The van der Waals surface area contributed by atoms with Gasteiger partial charge in [0.25, 0.3) is 0 Å². The second kappa shape index (κ2) is 4.92. The minimum Gasteiger partial charge on any atom is -1.00 e. The van der Waals surface area contributed by atoms with Crippen LogP contribution in [0, 0.1) is 0 Å². The third-order valence-corrected chi connectivity index (χ3v) is 8.28.